The van der Waals surface area contributed by atoms with Crippen molar-refractivity contribution in [2.75, 3.05) is 23.7 Å². The van der Waals surface area contributed by atoms with Crippen molar-refractivity contribution >= 4 is 11.4 Å². The van der Waals surface area contributed by atoms with Crippen molar-refractivity contribution in [3.05, 3.63) is 24.0 Å². The van der Waals surface area contributed by atoms with Gasteiger partial charge in [0.15, 0.2) is 0 Å². The lowest BCUT2D eigenvalue weighted by molar-refractivity contribution is 0.357. The second kappa shape index (κ2) is 4.32. The van der Waals surface area contributed by atoms with E-state index < -0.39 is 0 Å². The molecule has 1 aromatic rings. The minimum Gasteiger partial charge on any atom is -0.397 e. The molecule has 1 saturated heterocycles. The summed E-state index contributed by atoms with van der Waals surface area (Å²) in [5, 5.41) is 0. The van der Waals surface area contributed by atoms with Crippen molar-refractivity contribution in [1.82, 2.24) is 0 Å². The zero-order chi connectivity index (χ0) is 11.7. The van der Waals surface area contributed by atoms with Crippen molar-refractivity contribution in [3.63, 3.8) is 0 Å². The number of piperidine rings is 1. The van der Waals surface area contributed by atoms with E-state index in [-0.39, 0.29) is 5.82 Å². The molecule has 1 aliphatic rings. The lowest BCUT2D eigenvalue weighted by Gasteiger charge is -2.37. The molecular weight excluding hydrogens is 203 g/mol. The molecule has 16 heavy (non-hydrogen) atoms. The van der Waals surface area contributed by atoms with Gasteiger partial charge in [0, 0.05) is 13.1 Å². The molecule has 88 valence electrons. The predicted molar refractivity (Wildman–Crippen MR) is 66.0 cm³/mol. The summed E-state index contributed by atoms with van der Waals surface area (Å²) < 4.78 is 13.2. The fourth-order valence-electron chi connectivity index (χ4n) is 2.65. The number of hydrogen-bond acceptors (Lipinski definition) is 2. The fraction of sp³-hybridized carbons (Fsp3) is 0.538. The lowest BCUT2D eigenvalue weighted by atomic mass is 9.91. The third kappa shape index (κ3) is 2.29. The van der Waals surface area contributed by atoms with E-state index in [1.165, 1.54) is 12.5 Å². The third-order valence-corrected chi connectivity index (χ3v) is 3.20. The van der Waals surface area contributed by atoms with Gasteiger partial charge in [0.25, 0.3) is 0 Å². The van der Waals surface area contributed by atoms with Crippen molar-refractivity contribution in [1.29, 1.82) is 0 Å². The molecule has 2 N–H and O–H groups in total. The normalized spacial score (nSPS) is 25.8. The molecule has 2 rings (SSSR count). The van der Waals surface area contributed by atoms with E-state index in [0.717, 1.165) is 18.8 Å². The Kier molecular flexibility index (Phi) is 3.03. The van der Waals surface area contributed by atoms with Crippen molar-refractivity contribution in [3.8, 4) is 0 Å². The Labute approximate surface area is 96.2 Å². The molecule has 2 nitrogen and oxygen atoms in total. The van der Waals surface area contributed by atoms with Gasteiger partial charge in [-0.2, -0.15) is 0 Å². The van der Waals surface area contributed by atoms with Crippen LogP contribution in [-0.4, -0.2) is 13.1 Å². The summed E-state index contributed by atoms with van der Waals surface area (Å²) in [6, 6.07) is 4.60. The summed E-state index contributed by atoms with van der Waals surface area (Å²) in [5.74, 6) is 1.08. The van der Waals surface area contributed by atoms with Crippen LogP contribution < -0.4 is 10.6 Å². The molecule has 0 radical (unpaired) electrons. The number of rotatable bonds is 1. The molecule has 0 bridgehead atoms. The largest absolute Gasteiger partial charge is 0.397 e. The van der Waals surface area contributed by atoms with Crippen LogP contribution in [0.1, 0.15) is 20.3 Å². The van der Waals surface area contributed by atoms with Gasteiger partial charge < -0.3 is 10.6 Å². The standard InChI is InChI=1S/C13H19FN2/c1-9-5-10(2)8-16(7-9)13-6-11(14)3-4-12(13)15/h3-4,6,9-10H,5,7-8,15H2,1-2H3. The molecule has 1 aliphatic heterocycles. The Morgan fingerprint density at radius 3 is 2.50 bits per heavy atom. The summed E-state index contributed by atoms with van der Waals surface area (Å²) in [6.45, 7) is 6.41. The number of hydrogen-bond donors (Lipinski definition) is 1. The van der Waals surface area contributed by atoms with Crippen molar-refractivity contribution in [2.24, 2.45) is 11.8 Å². The van der Waals surface area contributed by atoms with E-state index in [0.29, 0.717) is 17.5 Å². The topological polar surface area (TPSA) is 29.3 Å². The average Bonchev–Trinajstić information content (AvgIpc) is 2.20. The third-order valence-electron chi connectivity index (χ3n) is 3.20. The maximum Gasteiger partial charge on any atom is 0.125 e. The number of nitrogens with zero attached hydrogens (tertiary/aromatic N) is 1. The fourth-order valence-corrected chi connectivity index (χ4v) is 2.65. The van der Waals surface area contributed by atoms with Gasteiger partial charge in [0.05, 0.1) is 11.4 Å². The summed E-state index contributed by atoms with van der Waals surface area (Å²) in [6.07, 6.45) is 1.24. The molecule has 2 atom stereocenters. The van der Waals surface area contributed by atoms with Crippen LogP contribution >= 0.6 is 0 Å². The van der Waals surface area contributed by atoms with Crippen molar-refractivity contribution < 1.29 is 4.39 Å². The van der Waals surface area contributed by atoms with Crippen LogP contribution in [0.15, 0.2) is 18.2 Å². The van der Waals surface area contributed by atoms with E-state index in [1.54, 1.807) is 12.1 Å². The minimum atomic E-state index is -0.213. The Balaban J connectivity index is 2.25. The maximum atomic E-state index is 13.2. The zero-order valence-corrected chi connectivity index (χ0v) is 9.91. The lowest BCUT2D eigenvalue weighted by Crippen LogP contribution is -2.39. The van der Waals surface area contributed by atoms with Crippen molar-refractivity contribution in [2.45, 2.75) is 20.3 Å². The Hall–Kier alpha value is -1.25. The Bertz CT molecular complexity index is 368. The van der Waals surface area contributed by atoms with Crippen LogP contribution in [0, 0.1) is 17.7 Å². The number of nitrogens with two attached hydrogens (primary N) is 1. The second-order valence-corrected chi connectivity index (χ2v) is 5.05. The summed E-state index contributed by atoms with van der Waals surface area (Å²) in [4.78, 5) is 2.21. The highest BCUT2D eigenvalue weighted by atomic mass is 19.1. The van der Waals surface area contributed by atoms with Gasteiger partial charge in [-0.15, -0.1) is 0 Å². The molecule has 1 fully saturated rings. The predicted octanol–water partition coefficient (Wildman–Crippen LogP) is 2.89. The van der Waals surface area contributed by atoms with E-state index in [2.05, 4.69) is 18.7 Å². The maximum absolute atomic E-state index is 13.2. The highest BCUT2D eigenvalue weighted by molar-refractivity contribution is 5.67. The number of anilines is 2. The van der Waals surface area contributed by atoms with Crippen LogP contribution in [0.25, 0.3) is 0 Å². The molecule has 1 heterocycles. The monoisotopic (exact) mass is 222 g/mol. The molecule has 2 unspecified atom stereocenters. The zero-order valence-electron chi connectivity index (χ0n) is 9.91. The first-order valence-electron chi connectivity index (χ1n) is 5.86. The van der Waals surface area contributed by atoms with Gasteiger partial charge in [-0.3, -0.25) is 0 Å². The first-order valence-corrected chi connectivity index (χ1v) is 5.86. The van der Waals surface area contributed by atoms with Gasteiger partial charge in [0.1, 0.15) is 5.82 Å². The SMILES string of the molecule is CC1CC(C)CN(c2cc(F)ccc2N)C1. The molecule has 3 heteroatoms. The van der Waals surface area contributed by atoms with Gasteiger partial charge in [-0.25, -0.2) is 4.39 Å². The number of nitrogen functional groups attached to an aromatic ring is 1. The second-order valence-electron chi connectivity index (χ2n) is 5.05. The smallest absolute Gasteiger partial charge is 0.125 e. The molecule has 1 aromatic carbocycles. The van der Waals surface area contributed by atoms with Gasteiger partial charge in [0.2, 0.25) is 0 Å². The van der Waals surface area contributed by atoms with E-state index in [1.807, 2.05) is 0 Å². The van der Waals surface area contributed by atoms with Crippen LogP contribution in [0.2, 0.25) is 0 Å². The summed E-state index contributed by atoms with van der Waals surface area (Å²) in [7, 11) is 0. The molecule has 0 amide bonds. The van der Waals surface area contributed by atoms with E-state index >= 15 is 0 Å². The summed E-state index contributed by atoms with van der Waals surface area (Å²) in [5.41, 5.74) is 7.42. The molecule has 0 aliphatic carbocycles. The van der Waals surface area contributed by atoms with Gasteiger partial charge >= 0.3 is 0 Å². The highest BCUT2D eigenvalue weighted by Crippen LogP contribution is 2.30. The van der Waals surface area contributed by atoms with Crippen LogP contribution in [0.3, 0.4) is 0 Å². The number of halogens is 1. The van der Waals surface area contributed by atoms with Crippen LogP contribution in [0.5, 0.6) is 0 Å². The highest BCUT2D eigenvalue weighted by Gasteiger charge is 2.23. The van der Waals surface area contributed by atoms with Crippen LogP contribution in [-0.2, 0) is 0 Å². The molecule has 0 saturated carbocycles. The molecule has 0 aromatic heterocycles. The minimum absolute atomic E-state index is 0.213. The van der Waals surface area contributed by atoms with E-state index in [4.69, 9.17) is 5.73 Å². The quantitative estimate of drug-likeness (QED) is 0.740. The molecular formula is C13H19FN2. The first-order chi connectivity index (χ1) is 7.56. The molecule has 0 spiro atoms. The van der Waals surface area contributed by atoms with Gasteiger partial charge in [-0.1, -0.05) is 13.8 Å². The van der Waals surface area contributed by atoms with Crippen LogP contribution in [0.4, 0.5) is 15.8 Å². The summed E-state index contributed by atoms with van der Waals surface area (Å²) >= 11 is 0. The first kappa shape index (κ1) is 11.2. The van der Waals surface area contributed by atoms with Gasteiger partial charge in [-0.05, 0) is 36.5 Å². The Morgan fingerprint density at radius 1 is 1.25 bits per heavy atom. The van der Waals surface area contributed by atoms with E-state index in [9.17, 15) is 4.39 Å². The number of benzene rings is 1. The Morgan fingerprint density at radius 2 is 1.88 bits per heavy atom. The average molecular weight is 222 g/mol.